The van der Waals surface area contributed by atoms with E-state index in [-0.39, 0.29) is 11.9 Å². The zero-order valence-electron chi connectivity index (χ0n) is 17.3. The van der Waals surface area contributed by atoms with Gasteiger partial charge in [-0.3, -0.25) is 4.79 Å². The van der Waals surface area contributed by atoms with Gasteiger partial charge in [-0.15, -0.1) is 5.10 Å². The van der Waals surface area contributed by atoms with Crippen molar-refractivity contribution in [1.29, 1.82) is 0 Å². The van der Waals surface area contributed by atoms with Gasteiger partial charge >= 0.3 is 0 Å². The molecular weight excluding hydrogens is 410 g/mol. The lowest BCUT2D eigenvalue weighted by Crippen LogP contribution is -2.25. The highest BCUT2D eigenvalue weighted by molar-refractivity contribution is 6.30. The quantitative estimate of drug-likeness (QED) is 0.418. The standard InChI is InChI=1S/C24H24ClN5O/c1-2-17-7-8-18(19-11-13-30-22(15-19)28-24(26)29-30)14-21(17)23(31)27-12-3-4-16-5-9-20(25)10-6-16/h5-11,13-15H,2-4,12H2,1H3,(H2,26,29)(H,27,31). The number of fused-ring (bicyclic) bond motifs is 1. The van der Waals surface area contributed by atoms with Gasteiger partial charge < -0.3 is 11.1 Å². The van der Waals surface area contributed by atoms with Crippen LogP contribution in [0.4, 0.5) is 5.95 Å². The Morgan fingerprint density at radius 3 is 2.65 bits per heavy atom. The largest absolute Gasteiger partial charge is 0.366 e. The molecule has 2 aromatic heterocycles. The van der Waals surface area contributed by atoms with Gasteiger partial charge in [-0.1, -0.05) is 42.8 Å². The first-order valence-corrected chi connectivity index (χ1v) is 10.7. The second-order valence-electron chi connectivity index (χ2n) is 7.40. The fraction of sp³-hybridized carbons (Fsp3) is 0.208. The van der Waals surface area contributed by atoms with Crippen molar-refractivity contribution in [1.82, 2.24) is 19.9 Å². The summed E-state index contributed by atoms with van der Waals surface area (Å²) in [6, 6.07) is 17.7. The molecule has 0 saturated heterocycles. The smallest absolute Gasteiger partial charge is 0.251 e. The summed E-state index contributed by atoms with van der Waals surface area (Å²) in [6.45, 7) is 2.66. The molecule has 158 valence electrons. The lowest BCUT2D eigenvalue weighted by molar-refractivity contribution is 0.0952. The van der Waals surface area contributed by atoms with E-state index < -0.39 is 0 Å². The molecule has 4 rings (SSSR count). The number of carbonyl (C=O) groups is 1. The second kappa shape index (κ2) is 9.18. The average Bonchev–Trinajstić information content (AvgIpc) is 3.16. The maximum absolute atomic E-state index is 12.9. The van der Waals surface area contributed by atoms with Gasteiger partial charge in [0.2, 0.25) is 5.95 Å². The number of hydrogen-bond donors (Lipinski definition) is 2. The number of aryl methyl sites for hydroxylation is 2. The number of pyridine rings is 1. The molecule has 0 spiro atoms. The van der Waals surface area contributed by atoms with Crippen LogP contribution >= 0.6 is 11.6 Å². The van der Waals surface area contributed by atoms with E-state index >= 15 is 0 Å². The fourth-order valence-corrected chi connectivity index (χ4v) is 3.72. The summed E-state index contributed by atoms with van der Waals surface area (Å²) in [7, 11) is 0. The van der Waals surface area contributed by atoms with E-state index in [4.69, 9.17) is 17.3 Å². The Balaban J connectivity index is 1.47. The lowest BCUT2D eigenvalue weighted by Gasteiger charge is -2.12. The number of amides is 1. The molecule has 0 bridgehead atoms. The number of aromatic nitrogens is 3. The Kier molecular flexibility index (Phi) is 6.18. The third-order valence-electron chi connectivity index (χ3n) is 5.26. The molecule has 0 aliphatic carbocycles. The minimum Gasteiger partial charge on any atom is -0.366 e. The Hall–Kier alpha value is -3.38. The fourth-order valence-electron chi connectivity index (χ4n) is 3.59. The number of hydrogen-bond acceptors (Lipinski definition) is 4. The summed E-state index contributed by atoms with van der Waals surface area (Å²) in [5.74, 6) is 0.180. The maximum atomic E-state index is 12.9. The van der Waals surface area contributed by atoms with Crippen LogP contribution in [0.5, 0.6) is 0 Å². The highest BCUT2D eigenvalue weighted by Crippen LogP contribution is 2.24. The predicted molar refractivity (Wildman–Crippen MR) is 124 cm³/mol. The molecule has 0 atom stereocenters. The van der Waals surface area contributed by atoms with E-state index in [9.17, 15) is 4.79 Å². The van der Waals surface area contributed by atoms with Crippen LogP contribution in [-0.4, -0.2) is 27.0 Å². The summed E-state index contributed by atoms with van der Waals surface area (Å²) in [5.41, 5.74) is 11.2. The van der Waals surface area contributed by atoms with Crippen molar-refractivity contribution in [3.63, 3.8) is 0 Å². The van der Waals surface area contributed by atoms with Crippen LogP contribution < -0.4 is 11.1 Å². The molecule has 31 heavy (non-hydrogen) atoms. The Morgan fingerprint density at radius 2 is 1.87 bits per heavy atom. The minimum absolute atomic E-state index is 0.0531. The zero-order valence-corrected chi connectivity index (χ0v) is 18.1. The molecule has 4 aromatic rings. The summed E-state index contributed by atoms with van der Waals surface area (Å²) < 4.78 is 1.63. The van der Waals surface area contributed by atoms with Crippen molar-refractivity contribution in [2.24, 2.45) is 0 Å². The second-order valence-corrected chi connectivity index (χ2v) is 7.84. The molecule has 0 aliphatic rings. The Labute approximate surface area is 186 Å². The van der Waals surface area contributed by atoms with Crippen LogP contribution in [0.15, 0.2) is 60.8 Å². The first kappa shape index (κ1) is 20.9. The van der Waals surface area contributed by atoms with Crippen molar-refractivity contribution in [3.8, 4) is 11.1 Å². The van der Waals surface area contributed by atoms with E-state index in [1.807, 2.05) is 60.8 Å². The van der Waals surface area contributed by atoms with Crippen LogP contribution in [0, 0.1) is 0 Å². The minimum atomic E-state index is -0.0531. The van der Waals surface area contributed by atoms with Gasteiger partial charge in [0.15, 0.2) is 5.65 Å². The third-order valence-corrected chi connectivity index (χ3v) is 5.52. The van der Waals surface area contributed by atoms with Crippen molar-refractivity contribution in [2.75, 3.05) is 12.3 Å². The van der Waals surface area contributed by atoms with Crippen LogP contribution in [0.2, 0.25) is 5.02 Å². The van der Waals surface area contributed by atoms with Crippen LogP contribution in [0.1, 0.15) is 34.8 Å². The number of nitrogen functional groups attached to an aromatic ring is 1. The van der Waals surface area contributed by atoms with Crippen LogP contribution in [0.25, 0.3) is 16.8 Å². The molecule has 6 nitrogen and oxygen atoms in total. The summed E-state index contributed by atoms with van der Waals surface area (Å²) in [5, 5.41) is 7.89. The first-order chi connectivity index (χ1) is 15.0. The molecule has 7 heteroatoms. The summed E-state index contributed by atoms with van der Waals surface area (Å²) in [4.78, 5) is 17.1. The number of halogens is 1. The van der Waals surface area contributed by atoms with Gasteiger partial charge in [0.05, 0.1) is 0 Å². The van der Waals surface area contributed by atoms with Crippen molar-refractivity contribution < 1.29 is 4.79 Å². The number of rotatable bonds is 7. The van der Waals surface area contributed by atoms with E-state index in [0.717, 1.165) is 41.0 Å². The van der Waals surface area contributed by atoms with Crippen LogP contribution in [0.3, 0.4) is 0 Å². The van der Waals surface area contributed by atoms with E-state index in [1.165, 1.54) is 5.56 Å². The number of nitrogens with two attached hydrogens (primary N) is 1. The van der Waals surface area contributed by atoms with Gasteiger partial charge in [0.25, 0.3) is 5.91 Å². The lowest BCUT2D eigenvalue weighted by atomic mass is 9.97. The normalized spacial score (nSPS) is 11.0. The maximum Gasteiger partial charge on any atom is 0.251 e. The van der Waals surface area contributed by atoms with Gasteiger partial charge in [-0.25, -0.2) is 4.52 Å². The first-order valence-electron chi connectivity index (χ1n) is 10.3. The third kappa shape index (κ3) is 4.86. The number of anilines is 1. The number of nitrogens with zero attached hydrogens (tertiary/aromatic N) is 3. The monoisotopic (exact) mass is 433 g/mol. The van der Waals surface area contributed by atoms with Gasteiger partial charge in [-0.2, -0.15) is 4.98 Å². The van der Waals surface area contributed by atoms with Gasteiger partial charge in [0.1, 0.15) is 0 Å². The van der Waals surface area contributed by atoms with E-state index in [2.05, 4.69) is 22.3 Å². The van der Waals surface area contributed by atoms with Gasteiger partial charge in [-0.05, 0) is 71.8 Å². The topological polar surface area (TPSA) is 85.3 Å². The Morgan fingerprint density at radius 1 is 1.10 bits per heavy atom. The van der Waals surface area contributed by atoms with Crippen LogP contribution in [-0.2, 0) is 12.8 Å². The van der Waals surface area contributed by atoms with E-state index in [1.54, 1.807) is 4.52 Å². The molecule has 0 fully saturated rings. The Bertz CT molecular complexity index is 1220. The molecule has 2 aromatic carbocycles. The van der Waals surface area contributed by atoms with Crippen molar-refractivity contribution in [2.45, 2.75) is 26.2 Å². The molecule has 0 saturated carbocycles. The van der Waals surface area contributed by atoms with Crippen molar-refractivity contribution >= 4 is 29.1 Å². The molecule has 0 radical (unpaired) electrons. The highest BCUT2D eigenvalue weighted by Gasteiger charge is 2.13. The predicted octanol–water partition coefficient (Wildman–Crippen LogP) is 4.56. The molecule has 3 N–H and O–H groups in total. The number of nitrogens with one attached hydrogen (secondary N) is 1. The molecule has 0 aliphatic heterocycles. The highest BCUT2D eigenvalue weighted by atomic mass is 35.5. The van der Waals surface area contributed by atoms with Gasteiger partial charge in [0, 0.05) is 23.3 Å². The zero-order chi connectivity index (χ0) is 21.8. The molecule has 1 amide bonds. The summed E-state index contributed by atoms with van der Waals surface area (Å²) in [6.07, 6.45) is 4.35. The van der Waals surface area contributed by atoms with Crippen molar-refractivity contribution in [3.05, 3.63) is 82.5 Å². The molecular formula is C24H24ClN5O. The number of carbonyl (C=O) groups excluding carboxylic acids is 1. The molecule has 0 unspecified atom stereocenters. The van der Waals surface area contributed by atoms with E-state index in [0.29, 0.717) is 17.8 Å². The molecule has 2 heterocycles. The average molecular weight is 434 g/mol. The number of benzene rings is 2. The SMILES string of the molecule is CCc1ccc(-c2ccn3nc(N)nc3c2)cc1C(=O)NCCCc1ccc(Cl)cc1. The summed E-state index contributed by atoms with van der Waals surface area (Å²) >= 11 is 5.93.